The fourth-order valence-electron chi connectivity index (χ4n) is 3.94. The SMILES string of the molecule is CCCS(=O)(=O)NC[C@@H](c1ccc(N(C)C)cc1)N1CCN(c2ccc(F)cc2)CC1. The molecule has 6 nitrogen and oxygen atoms in total. The molecule has 0 aromatic heterocycles. The highest BCUT2D eigenvalue weighted by atomic mass is 32.2. The summed E-state index contributed by atoms with van der Waals surface area (Å²) in [5.74, 6) is -0.0968. The number of sulfonamides is 1. The van der Waals surface area contributed by atoms with Crippen molar-refractivity contribution in [2.45, 2.75) is 19.4 Å². The summed E-state index contributed by atoms with van der Waals surface area (Å²) in [7, 11) is 0.716. The van der Waals surface area contributed by atoms with Crippen LogP contribution in [0.4, 0.5) is 15.8 Å². The van der Waals surface area contributed by atoms with Gasteiger partial charge in [0, 0.05) is 64.2 Å². The first-order valence-corrected chi connectivity index (χ1v) is 12.4. The maximum Gasteiger partial charge on any atom is 0.211 e. The number of benzene rings is 2. The molecule has 1 aliphatic rings. The van der Waals surface area contributed by atoms with Crippen molar-refractivity contribution < 1.29 is 12.8 Å². The van der Waals surface area contributed by atoms with Gasteiger partial charge < -0.3 is 9.80 Å². The predicted molar refractivity (Wildman–Crippen MR) is 126 cm³/mol. The second-order valence-corrected chi connectivity index (χ2v) is 10.1. The molecule has 0 aliphatic carbocycles. The van der Waals surface area contributed by atoms with Crippen LogP contribution in [0.5, 0.6) is 0 Å². The Hall–Kier alpha value is -2.16. The molecule has 1 heterocycles. The molecular weight excluding hydrogens is 415 g/mol. The molecule has 1 saturated heterocycles. The zero-order valence-electron chi connectivity index (χ0n) is 18.6. The van der Waals surface area contributed by atoms with E-state index < -0.39 is 10.0 Å². The summed E-state index contributed by atoms with van der Waals surface area (Å²) >= 11 is 0. The Morgan fingerprint density at radius 1 is 1.00 bits per heavy atom. The lowest BCUT2D eigenvalue weighted by Gasteiger charge is -2.40. The molecule has 1 N–H and O–H groups in total. The average Bonchev–Trinajstić information content (AvgIpc) is 2.75. The molecule has 2 aromatic rings. The fraction of sp³-hybridized carbons (Fsp3) is 0.478. The average molecular weight is 449 g/mol. The number of hydrogen-bond donors (Lipinski definition) is 1. The topological polar surface area (TPSA) is 55.9 Å². The first-order valence-electron chi connectivity index (χ1n) is 10.8. The zero-order valence-corrected chi connectivity index (χ0v) is 19.4. The third-order valence-electron chi connectivity index (χ3n) is 5.71. The molecule has 0 unspecified atom stereocenters. The number of piperazine rings is 1. The molecule has 0 amide bonds. The van der Waals surface area contributed by atoms with Gasteiger partial charge in [-0.1, -0.05) is 19.1 Å². The van der Waals surface area contributed by atoms with Crippen LogP contribution in [-0.4, -0.2) is 65.9 Å². The van der Waals surface area contributed by atoms with E-state index in [0.29, 0.717) is 13.0 Å². The molecule has 1 atom stereocenters. The van der Waals surface area contributed by atoms with Gasteiger partial charge in [-0.3, -0.25) is 4.90 Å². The van der Waals surface area contributed by atoms with Gasteiger partial charge in [0.25, 0.3) is 0 Å². The highest BCUT2D eigenvalue weighted by Crippen LogP contribution is 2.26. The van der Waals surface area contributed by atoms with Gasteiger partial charge in [-0.05, 0) is 48.4 Å². The van der Waals surface area contributed by atoms with E-state index in [1.165, 1.54) is 12.1 Å². The van der Waals surface area contributed by atoms with E-state index in [1.54, 1.807) is 12.1 Å². The van der Waals surface area contributed by atoms with E-state index in [-0.39, 0.29) is 17.6 Å². The number of rotatable bonds is 9. The number of nitrogens with one attached hydrogen (secondary N) is 1. The molecule has 1 fully saturated rings. The molecular formula is C23H33FN4O2S. The van der Waals surface area contributed by atoms with Gasteiger partial charge in [0.15, 0.2) is 0 Å². The van der Waals surface area contributed by atoms with Crippen LogP contribution in [0.2, 0.25) is 0 Å². The van der Waals surface area contributed by atoms with E-state index in [4.69, 9.17) is 0 Å². The van der Waals surface area contributed by atoms with Crippen molar-refractivity contribution in [3.05, 3.63) is 59.9 Å². The fourth-order valence-corrected chi connectivity index (χ4v) is 5.04. The second kappa shape index (κ2) is 10.4. The lowest BCUT2D eigenvalue weighted by Crippen LogP contribution is -2.50. The van der Waals surface area contributed by atoms with Crippen molar-refractivity contribution in [3.63, 3.8) is 0 Å². The molecule has 2 aromatic carbocycles. The Labute approximate surface area is 185 Å². The maximum atomic E-state index is 13.2. The van der Waals surface area contributed by atoms with Crippen LogP contribution >= 0.6 is 0 Å². The standard InChI is InChI=1S/C23H33FN4O2S/c1-4-17-31(29,30)25-18-23(19-5-9-21(10-6-19)26(2)3)28-15-13-27(14-16-28)22-11-7-20(24)8-12-22/h5-12,23,25H,4,13-18H2,1-3H3/t23-/m0/s1. The lowest BCUT2D eigenvalue weighted by molar-refractivity contribution is 0.187. The van der Waals surface area contributed by atoms with Gasteiger partial charge in [0.05, 0.1) is 5.75 Å². The van der Waals surface area contributed by atoms with Crippen molar-refractivity contribution in [1.82, 2.24) is 9.62 Å². The summed E-state index contributed by atoms with van der Waals surface area (Å²) in [6, 6.07) is 14.8. The van der Waals surface area contributed by atoms with Crippen LogP contribution in [0.15, 0.2) is 48.5 Å². The third-order valence-corrected chi connectivity index (χ3v) is 7.26. The minimum absolute atomic E-state index is 0.0433. The first kappa shape index (κ1) is 23.5. The highest BCUT2D eigenvalue weighted by Gasteiger charge is 2.26. The lowest BCUT2D eigenvalue weighted by atomic mass is 10.0. The van der Waals surface area contributed by atoms with E-state index >= 15 is 0 Å². The normalized spacial score (nSPS) is 16.3. The van der Waals surface area contributed by atoms with Crippen LogP contribution in [0, 0.1) is 5.82 Å². The van der Waals surface area contributed by atoms with Crippen molar-refractivity contribution >= 4 is 21.4 Å². The molecule has 0 radical (unpaired) electrons. The van der Waals surface area contributed by atoms with Crippen molar-refractivity contribution in [2.24, 2.45) is 0 Å². The highest BCUT2D eigenvalue weighted by molar-refractivity contribution is 7.89. The second-order valence-electron chi connectivity index (χ2n) is 8.17. The summed E-state index contributed by atoms with van der Waals surface area (Å²) in [4.78, 5) is 6.62. The summed E-state index contributed by atoms with van der Waals surface area (Å²) < 4.78 is 40.6. The zero-order chi connectivity index (χ0) is 22.4. The quantitative estimate of drug-likeness (QED) is 0.639. The van der Waals surface area contributed by atoms with E-state index in [0.717, 1.165) is 43.1 Å². The number of anilines is 2. The Morgan fingerprint density at radius 2 is 1.61 bits per heavy atom. The maximum absolute atomic E-state index is 13.2. The van der Waals surface area contributed by atoms with E-state index in [2.05, 4.69) is 38.8 Å². The number of hydrogen-bond acceptors (Lipinski definition) is 5. The number of nitrogens with zero attached hydrogens (tertiary/aromatic N) is 3. The summed E-state index contributed by atoms with van der Waals surface area (Å²) in [5.41, 5.74) is 3.21. The number of halogens is 1. The molecule has 0 spiro atoms. The van der Waals surface area contributed by atoms with E-state index in [9.17, 15) is 12.8 Å². The largest absolute Gasteiger partial charge is 0.378 e. The van der Waals surface area contributed by atoms with Gasteiger partial charge in [-0.2, -0.15) is 0 Å². The minimum atomic E-state index is -3.28. The molecule has 31 heavy (non-hydrogen) atoms. The van der Waals surface area contributed by atoms with Gasteiger partial charge in [-0.25, -0.2) is 17.5 Å². The van der Waals surface area contributed by atoms with Crippen LogP contribution in [-0.2, 0) is 10.0 Å². The third kappa shape index (κ3) is 6.41. The minimum Gasteiger partial charge on any atom is -0.378 e. The van der Waals surface area contributed by atoms with Crippen molar-refractivity contribution in [1.29, 1.82) is 0 Å². The van der Waals surface area contributed by atoms with Gasteiger partial charge >= 0.3 is 0 Å². The molecule has 8 heteroatoms. The molecule has 3 rings (SSSR count). The van der Waals surface area contributed by atoms with E-state index in [1.807, 2.05) is 25.9 Å². The summed E-state index contributed by atoms with van der Waals surface area (Å²) in [6.07, 6.45) is 0.591. The molecule has 1 aliphatic heterocycles. The molecule has 0 saturated carbocycles. The Balaban J connectivity index is 1.73. The van der Waals surface area contributed by atoms with Crippen LogP contribution in [0.25, 0.3) is 0 Å². The Kier molecular flexibility index (Phi) is 7.91. The van der Waals surface area contributed by atoms with Crippen molar-refractivity contribution in [3.8, 4) is 0 Å². The van der Waals surface area contributed by atoms with Gasteiger partial charge in [0.1, 0.15) is 5.82 Å². The van der Waals surface area contributed by atoms with Gasteiger partial charge in [-0.15, -0.1) is 0 Å². The monoisotopic (exact) mass is 448 g/mol. The predicted octanol–water partition coefficient (Wildman–Crippen LogP) is 3.08. The van der Waals surface area contributed by atoms with Crippen LogP contribution < -0.4 is 14.5 Å². The Bertz CT molecular complexity index is 925. The van der Waals surface area contributed by atoms with Gasteiger partial charge in [0.2, 0.25) is 10.0 Å². The summed E-state index contributed by atoms with van der Waals surface area (Å²) in [6.45, 7) is 5.42. The van der Waals surface area contributed by atoms with Crippen LogP contribution in [0.1, 0.15) is 24.9 Å². The first-order chi connectivity index (χ1) is 14.8. The Morgan fingerprint density at radius 3 is 2.16 bits per heavy atom. The molecule has 170 valence electrons. The molecule has 0 bridgehead atoms. The van der Waals surface area contributed by atoms with Crippen LogP contribution in [0.3, 0.4) is 0 Å². The smallest absolute Gasteiger partial charge is 0.211 e. The van der Waals surface area contributed by atoms with Crippen molar-refractivity contribution in [2.75, 3.05) is 62.4 Å². The summed E-state index contributed by atoms with van der Waals surface area (Å²) in [5, 5.41) is 0.